The van der Waals surface area contributed by atoms with Gasteiger partial charge in [0.05, 0.1) is 18.1 Å². The van der Waals surface area contributed by atoms with Gasteiger partial charge in [0.25, 0.3) is 0 Å². The number of H-pyrrole nitrogens is 1. The topological polar surface area (TPSA) is 84.1 Å². The summed E-state index contributed by atoms with van der Waals surface area (Å²) in [6.45, 7) is 1.54. The van der Waals surface area contributed by atoms with E-state index in [-0.39, 0.29) is 5.78 Å². The van der Waals surface area contributed by atoms with Gasteiger partial charge in [-0.05, 0) is 24.6 Å². The number of aromatic amines is 1. The molecule has 0 fully saturated rings. The third kappa shape index (κ3) is 2.65. The van der Waals surface area contributed by atoms with Gasteiger partial charge >= 0.3 is 6.09 Å². The van der Waals surface area contributed by atoms with E-state index in [1.807, 2.05) is 12.1 Å². The monoisotopic (exact) mass is 247 g/mol. The van der Waals surface area contributed by atoms with Crippen LogP contribution in [-0.2, 0) is 16.0 Å². The number of fused-ring (bicyclic) bond motifs is 1. The highest BCUT2D eigenvalue weighted by atomic mass is 16.5. The Labute approximate surface area is 103 Å². The lowest BCUT2D eigenvalue weighted by molar-refractivity contribution is -0.116. The summed E-state index contributed by atoms with van der Waals surface area (Å²) in [6, 6.07) is 5.48. The number of aromatic nitrogens is 2. The molecule has 0 saturated heterocycles. The van der Waals surface area contributed by atoms with Gasteiger partial charge in [0, 0.05) is 6.42 Å². The summed E-state index contributed by atoms with van der Waals surface area (Å²) in [4.78, 5) is 29.2. The molecule has 1 heterocycles. The van der Waals surface area contributed by atoms with Crippen molar-refractivity contribution < 1.29 is 14.3 Å². The van der Waals surface area contributed by atoms with Crippen LogP contribution in [0.2, 0.25) is 0 Å². The quantitative estimate of drug-likeness (QED) is 0.867. The van der Waals surface area contributed by atoms with Crippen LogP contribution in [0.25, 0.3) is 11.0 Å². The largest absolute Gasteiger partial charge is 0.453 e. The van der Waals surface area contributed by atoms with Crippen LogP contribution in [-0.4, -0.2) is 29.0 Å². The first kappa shape index (κ1) is 12.1. The summed E-state index contributed by atoms with van der Waals surface area (Å²) in [7, 11) is 1.28. The lowest BCUT2D eigenvalue weighted by atomic mass is 10.1. The standard InChI is InChI=1S/C12H13N3O3/c1-7(16)5-8-3-4-9-10(6-8)14-11(13-9)15-12(17)18-2/h3-4,6H,5H2,1-2H3,(H2,13,14,15,17). The van der Waals surface area contributed by atoms with E-state index < -0.39 is 6.09 Å². The third-order valence-corrected chi connectivity index (χ3v) is 2.41. The average Bonchev–Trinajstić information content (AvgIpc) is 2.69. The van der Waals surface area contributed by atoms with Gasteiger partial charge in [-0.25, -0.2) is 9.78 Å². The molecule has 0 saturated carbocycles. The molecule has 1 aromatic carbocycles. The van der Waals surface area contributed by atoms with Gasteiger partial charge in [-0.1, -0.05) is 6.07 Å². The number of hydrogen-bond acceptors (Lipinski definition) is 4. The molecule has 94 valence electrons. The number of imidazole rings is 1. The summed E-state index contributed by atoms with van der Waals surface area (Å²) >= 11 is 0. The van der Waals surface area contributed by atoms with E-state index >= 15 is 0 Å². The van der Waals surface area contributed by atoms with Crippen LogP contribution >= 0.6 is 0 Å². The molecular weight excluding hydrogens is 234 g/mol. The van der Waals surface area contributed by atoms with Crippen LogP contribution in [0.4, 0.5) is 10.7 Å². The Morgan fingerprint density at radius 3 is 2.89 bits per heavy atom. The molecule has 2 aromatic rings. The molecule has 0 aliphatic rings. The molecule has 0 bridgehead atoms. The van der Waals surface area contributed by atoms with Crippen molar-refractivity contribution in [3.05, 3.63) is 23.8 Å². The highest BCUT2D eigenvalue weighted by Crippen LogP contribution is 2.16. The van der Waals surface area contributed by atoms with E-state index in [4.69, 9.17) is 0 Å². The smallest absolute Gasteiger partial charge is 0.413 e. The van der Waals surface area contributed by atoms with Crippen molar-refractivity contribution in [1.82, 2.24) is 9.97 Å². The summed E-state index contributed by atoms with van der Waals surface area (Å²) in [5.41, 5.74) is 2.39. The number of rotatable bonds is 3. The number of ether oxygens (including phenoxy) is 1. The molecule has 2 N–H and O–H groups in total. The highest BCUT2D eigenvalue weighted by Gasteiger charge is 2.07. The van der Waals surface area contributed by atoms with Gasteiger partial charge in [-0.3, -0.25) is 10.1 Å². The molecule has 18 heavy (non-hydrogen) atoms. The number of amides is 1. The average molecular weight is 247 g/mol. The second-order valence-electron chi connectivity index (χ2n) is 3.93. The molecule has 0 aliphatic carbocycles. The van der Waals surface area contributed by atoms with Crippen LogP contribution in [0.1, 0.15) is 12.5 Å². The first-order valence-corrected chi connectivity index (χ1v) is 5.41. The van der Waals surface area contributed by atoms with Gasteiger partial charge in [0.15, 0.2) is 0 Å². The number of nitrogens with one attached hydrogen (secondary N) is 2. The zero-order chi connectivity index (χ0) is 13.1. The number of hydrogen-bond donors (Lipinski definition) is 2. The normalized spacial score (nSPS) is 10.3. The number of ketones is 1. The Kier molecular flexibility index (Phi) is 3.27. The van der Waals surface area contributed by atoms with Crippen molar-refractivity contribution in [2.24, 2.45) is 0 Å². The summed E-state index contributed by atoms with van der Waals surface area (Å²) in [5.74, 6) is 0.415. The third-order valence-electron chi connectivity index (χ3n) is 2.41. The number of carbonyl (C=O) groups is 2. The predicted molar refractivity (Wildman–Crippen MR) is 66.5 cm³/mol. The lowest BCUT2D eigenvalue weighted by Crippen LogP contribution is -2.11. The number of carbonyl (C=O) groups excluding carboxylic acids is 2. The number of anilines is 1. The van der Waals surface area contributed by atoms with E-state index in [0.29, 0.717) is 17.9 Å². The molecule has 0 atom stereocenters. The molecule has 0 unspecified atom stereocenters. The van der Waals surface area contributed by atoms with E-state index in [0.717, 1.165) is 11.1 Å². The Morgan fingerprint density at radius 2 is 2.22 bits per heavy atom. The van der Waals surface area contributed by atoms with Crippen molar-refractivity contribution in [3.8, 4) is 0 Å². The minimum Gasteiger partial charge on any atom is -0.453 e. The Hall–Kier alpha value is -2.37. The van der Waals surface area contributed by atoms with Crippen molar-refractivity contribution in [3.63, 3.8) is 0 Å². The fourth-order valence-corrected chi connectivity index (χ4v) is 1.66. The van der Waals surface area contributed by atoms with E-state index in [1.165, 1.54) is 7.11 Å². The second kappa shape index (κ2) is 4.87. The van der Waals surface area contributed by atoms with Crippen LogP contribution in [0.5, 0.6) is 0 Å². The number of methoxy groups -OCH3 is 1. The van der Waals surface area contributed by atoms with Crippen molar-refractivity contribution in [2.45, 2.75) is 13.3 Å². The fraction of sp³-hybridized carbons (Fsp3) is 0.250. The minimum absolute atomic E-state index is 0.0989. The number of Topliss-reactive ketones (excluding diaryl/α,β-unsaturated/α-hetero) is 1. The zero-order valence-electron chi connectivity index (χ0n) is 10.1. The van der Waals surface area contributed by atoms with Crippen LogP contribution in [0.15, 0.2) is 18.2 Å². The maximum Gasteiger partial charge on any atom is 0.413 e. The van der Waals surface area contributed by atoms with Crippen LogP contribution < -0.4 is 5.32 Å². The van der Waals surface area contributed by atoms with Crippen molar-refractivity contribution >= 4 is 28.9 Å². The zero-order valence-corrected chi connectivity index (χ0v) is 10.1. The molecule has 2 rings (SSSR count). The van der Waals surface area contributed by atoms with Crippen molar-refractivity contribution in [1.29, 1.82) is 0 Å². The van der Waals surface area contributed by atoms with Crippen LogP contribution in [0, 0.1) is 0 Å². The Balaban J connectivity index is 2.27. The fourth-order valence-electron chi connectivity index (χ4n) is 1.66. The molecule has 1 amide bonds. The lowest BCUT2D eigenvalue weighted by Gasteiger charge is -1.97. The Bertz CT molecular complexity index is 604. The maximum absolute atomic E-state index is 11.0. The molecule has 6 nitrogen and oxygen atoms in total. The number of benzene rings is 1. The maximum atomic E-state index is 11.0. The molecule has 6 heteroatoms. The van der Waals surface area contributed by atoms with E-state index in [1.54, 1.807) is 13.0 Å². The summed E-state index contributed by atoms with van der Waals surface area (Å²) in [6.07, 6.45) is -0.202. The van der Waals surface area contributed by atoms with Gasteiger partial charge in [-0.2, -0.15) is 0 Å². The first-order chi connectivity index (χ1) is 8.58. The summed E-state index contributed by atoms with van der Waals surface area (Å²) < 4.78 is 4.47. The van der Waals surface area contributed by atoms with E-state index in [9.17, 15) is 9.59 Å². The number of nitrogens with zero attached hydrogens (tertiary/aromatic N) is 1. The molecule has 0 aliphatic heterocycles. The molecule has 0 radical (unpaired) electrons. The van der Waals surface area contributed by atoms with Crippen molar-refractivity contribution in [2.75, 3.05) is 12.4 Å². The predicted octanol–water partition coefficient (Wildman–Crippen LogP) is 1.87. The SMILES string of the molecule is COC(=O)Nc1nc2ccc(CC(C)=O)cc2[nH]1. The first-order valence-electron chi connectivity index (χ1n) is 5.41. The Morgan fingerprint density at radius 1 is 1.44 bits per heavy atom. The molecular formula is C12H13N3O3. The minimum atomic E-state index is -0.585. The van der Waals surface area contributed by atoms with Gasteiger partial charge in [-0.15, -0.1) is 0 Å². The van der Waals surface area contributed by atoms with Gasteiger partial charge in [0.1, 0.15) is 5.78 Å². The summed E-state index contributed by atoms with van der Waals surface area (Å²) in [5, 5.41) is 2.45. The van der Waals surface area contributed by atoms with Gasteiger partial charge in [0.2, 0.25) is 5.95 Å². The van der Waals surface area contributed by atoms with Crippen LogP contribution in [0.3, 0.4) is 0 Å². The molecule has 0 spiro atoms. The highest BCUT2D eigenvalue weighted by molar-refractivity contribution is 5.87. The second-order valence-corrected chi connectivity index (χ2v) is 3.93. The molecule has 1 aromatic heterocycles. The van der Waals surface area contributed by atoms with Gasteiger partial charge < -0.3 is 9.72 Å². The van der Waals surface area contributed by atoms with E-state index in [2.05, 4.69) is 20.0 Å².